The molecule has 0 saturated carbocycles. The molecule has 22 heavy (non-hydrogen) atoms. The molecule has 0 unspecified atom stereocenters. The van der Waals surface area contributed by atoms with Crippen LogP contribution in [-0.4, -0.2) is 28.0 Å². The fourth-order valence-electron chi connectivity index (χ4n) is 2.30. The van der Waals surface area contributed by atoms with Crippen molar-refractivity contribution in [3.63, 3.8) is 0 Å². The summed E-state index contributed by atoms with van der Waals surface area (Å²) in [5.74, 6) is 0.271. The molecule has 120 valence electrons. The summed E-state index contributed by atoms with van der Waals surface area (Å²) in [6, 6.07) is 2.66. The van der Waals surface area contributed by atoms with Crippen LogP contribution >= 0.6 is 0 Å². The van der Waals surface area contributed by atoms with Gasteiger partial charge in [0.25, 0.3) is 0 Å². The van der Waals surface area contributed by atoms with Crippen LogP contribution < -0.4 is 10.2 Å². The first kappa shape index (κ1) is 16.3. The summed E-state index contributed by atoms with van der Waals surface area (Å²) >= 11 is 0. The second-order valence-electron chi connectivity index (χ2n) is 5.83. The SMILES string of the molecule is COc1cc2oc(CO)cc(=O)c2c(O)c1CCC(C)(C)O. The highest BCUT2D eigenvalue weighted by atomic mass is 16.5. The monoisotopic (exact) mass is 308 g/mol. The van der Waals surface area contributed by atoms with Gasteiger partial charge in [0.2, 0.25) is 0 Å². The molecule has 6 heteroatoms. The number of hydrogen-bond donors (Lipinski definition) is 3. The number of aliphatic hydroxyl groups excluding tert-OH is 1. The minimum Gasteiger partial charge on any atom is -0.507 e. The lowest BCUT2D eigenvalue weighted by molar-refractivity contribution is 0.0711. The molecular formula is C16H20O6. The van der Waals surface area contributed by atoms with Crippen molar-refractivity contribution >= 4 is 11.0 Å². The third-order valence-corrected chi connectivity index (χ3v) is 3.47. The van der Waals surface area contributed by atoms with Gasteiger partial charge >= 0.3 is 0 Å². The van der Waals surface area contributed by atoms with E-state index in [2.05, 4.69) is 0 Å². The zero-order chi connectivity index (χ0) is 16.5. The van der Waals surface area contributed by atoms with Crippen molar-refractivity contribution in [2.45, 2.75) is 38.9 Å². The lowest BCUT2D eigenvalue weighted by Crippen LogP contribution is -2.19. The van der Waals surface area contributed by atoms with Crippen LogP contribution in [-0.2, 0) is 13.0 Å². The van der Waals surface area contributed by atoms with Crippen LogP contribution in [0.3, 0.4) is 0 Å². The second-order valence-corrected chi connectivity index (χ2v) is 5.83. The maximum atomic E-state index is 12.1. The molecule has 0 aliphatic rings. The van der Waals surface area contributed by atoms with E-state index in [1.54, 1.807) is 13.8 Å². The maximum absolute atomic E-state index is 12.1. The third-order valence-electron chi connectivity index (χ3n) is 3.47. The third kappa shape index (κ3) is 3.23. The molecule has 2 rings (SSSR count). The van der Waals surface area contributed by atoms with Crippen LogP contribution in [0.15, 0.2) is 21.3 Å². The Hall–Kier alpha value is -2.05. The molecule has 0 fully saturated rings. The molecular weight excluding hydrogens is 288 g/mol. The largest absolute Gasteiger partial charge is 0.507 e. The fourth-order valence-corrected chi connectivity index (χ4v) is 2.30. The minimum absolute atomic E-state index is 0.0451. The number of benzene rings is 1. The Kier molecular flexibility index (Phi) is 4.44. The highest BCUT2D eigenvalue weighted by molar-refractivity contribution is 5.86. The maximum Gasteiger partial charge on any atom is 0.196 e. The summed E-state index contributed by atoms with van der Waals surface area (Å²) in [6.45, 7) is 2.92. The molecule has 0 amide bonds. The number of hydrogen-bond acceptors (Lipinski definition) is 6. The van der Waals surface area contributed by atoms with Crippen molar-refractivity contribution < 1.29 is 24.5 Å². The van der Waals surface area contributed by atoms with E-state index < -0.39 is 17.6 Å². The Morgan fingerprint density at radius 3 is 2.55 bits per heavy atom. The average molecular weight is 308 g/mol. The van der Waals surface area contributed by atoms with Crippen molar-refractivity contribution in [1.29, 1.82) is 0 Å². The Labute approximate surface area is 127 Å². The minimum atomic E-state index is -0.905. The van der Waals surface area contributed by atoms with E-state index in [-0.39, 0.29) is 22.5 Å². The number of aromatic hydroxyl groups is 1. The second kappa shape index (κ2) is 5.98. The average Bonchev–Trinajstić information content (AvgIpc) is 2.43. The highest BCUT2D eigenvalue weighted by Crippen LogP contribution is 2.36. The number of fused-ring (bicyclic) bond motifs is 1. The highest BCUT2D eigenvalue weighted by Gasteiger charge is 2.21. The van der Waals surface area contributed by atoms with Crippen LogP contribution in [0, 0.1) is 0 Å². The fraction of sp³-hybridized carbons (Fsp3) is 0.438. The molecule has 0 spiro atoms. The molecule has 0 bridgehead atoms. The van der Waals surface area contributed by atoms with Gasteiger partial charge in [0.1, 0.15) is 34.8 Å². The van der Waals surface area contributed by atoms with Gasteiger partial charge in [0.15, 0.2) is 5.43 Å². The van der Waals surface area contributed by atoms with Gasteiger partial charge in [-0.2, -0.15) is 0 Å². The van der Waals surface area contributed by atoms with Crippen LogP contribution in [0.5, 0.6) is 11.5 Å². The summed E-state index contributed by atoms with van der Waals surface area (Å²) in [5.41, 5.74) is -0.744. The van der Waals surface area contributed by atoms with Gasteiger partial charge in [-0.3, -0.25) is 4.79 Å². The number of rotatable bonds is 5. The van der Waals surface area contributed by atoms with Gasteiger partial charge in [-0.25, -0.2) is 0 Å². The summed E-state index contributed by atoms with van der Waals surface area (Å²) in [7, 11) is 1.45. The molecule has 0 atom stereocenters. The predicted octanol–water partition coefficient (Wildman–Crippen LogP) is 1.70. The first-order valence-corrected chi connectivity index (χ1v) is 6.95. The zero-order valence-electron chi connectivity index (χ0n) is 12.8. The Bertz CT molecular complexity index is 739. The molecule has 1 heterocycles. The van der Waals surface area contributed by atoms with E-state index in [0.29, 0.717) is 24.2 Å². The van der Waals surface area contributed by atoms with Crippen LogP contribution in [0.1, 0.15) is 31.6 Å². The molecule has 0 radical (unpaired) electrons. The molecule has 0 saturated heterocycles. The lowest BCUT2D eigenvalue weighted by Gasteiger charge is -2.19. The first-order chi connectivity index (χ1) is 10.3. The molecule has 1 aromatic carbocycles. The van der Waals surface area contributed by atoms with Crippen LogP contribution in [0.4, 0.5) is 0 Å². The van der Waals surface area contributed by atoms with Crippen LogP contribution in [0.2, 0.25) is 0 Å². The number of phenols is 1. The summed E-state index contributed by atoms with van der Waals surface area (Å²) in [5, 5.41) is 29.4. The van der Waals surface area contributed by atoms with Crippen molar-refractivity contribution in [3.8, 4) is 11.5 Å². The van der Waals surface area contributed by atoms with E-state index in [1.807, 2.05) is 0 Å². The van der Waals surface area contributed by atoms with Crippen molar-refractivity contribution in [1.82, 2.24) is 0 Å². The van der Waals surface area contributed by atoms with E-state index in [4.69, 9.17) is 14.3 Å². The van der Waals surface area contributed by atoms with E-state index in [0.717, 1.165) is 6.07 Å². The Balaban J connectivity index is 2.64. The number of ether oxygens (including phenoxy) is 1. The van der Waals surface area contributed by atoms with Crippen molar-refractivity contribution in [2.75, 3.05) is 7.11 Å². The number of aliphatic hydroxyl groups is 2. The molecule has 0 aliphatic carbocycles. The quantitative estimate of drug-likeness (QED) is 0.777. The zero-order valence-corrected chi connectivity index (χ0v) is 12.8. The van der Waals surface area contributed by atoms with Gasteiger partial charge in [-0.15, -0.1) is 0 Å². The van der Waals surface area contributed by atoms with Gasteiger partial charge in [0, 0.05) is 17.7 Å². The summed E-state index contributed by atoms with van der Waals surface area (Å²) < 4.78 is 10.6. The standard InChI is InChI=1S/C16H20O6/c1-16(2,20)5-4-10-12(21-3)7-13-14(15(10)19)11(18)6-9(8-17)22-13/h6-7,17,19-20H,4-5,8H2,1-3H3. The normalized spacial score (nSPS) is 11.9. The smallest absolute Gasteiger partial charge is 0.196 e. The Morgan fingerprint density at radius 2 is 2.00 bits per heavy atom. The van der Waals surface area contributed by atoms with Gasteiger partial charge in [-0.05, 0) is 26.7 Å². The summed E-state index contributed by atoms with van der Waals surface area (Å²) in [4.78, 5) is 12.1. The lowest BCUT2D eigenvalue weighted by atomic mass is 9.96. The number of phenolic OH excluding ortho intramolecular Hbond substituents is 1. The van der Waals surface area contributed by atoms with Crippen molar-refractivity contribution in [2.24, 2.45) is 0 Å². The van der Waals surface area contributed by atoms with Gasteiger partial charge < -0.3 is 24.5 Å². The molecule has 6 nitrogen and oxygen atoms in total. The van der Waals surface area contributed by atoms with Crippen molar-refractivity contribution in [3.05, 3.63) is 33.7 Å². The van der Waals surface area contributed by atoms with Crippen LogP contribution in [0.25, 0.3) is 11.0 Å². The summed E-state index contributed by atoms with van der Waals surface area (Å²) in [6.07, 6.45) is 0.734. The first-order valence-electron chi connectivity index (χ1n) is 6.95. The van der Waals surface area contributed by atoms with E-state index in [9.17, 15) is 15.0 Å². The molecule has 3 N–H and O–H groups in total. The molecule has 0 aliphatic heterocycles. The predicted molar refractivity (Wildman–Crippen MR) is 81.2 cm³/mol. The topological polar surface area (TPSA) is 100 Å². The number of methoxy groups -OCH3 is 1. The molecule has 1 aromatic heterocycles. The van der Waals surface area contributed by atoms with Gasteiger partial charge in [0.05, 0.1) is 12.7 Å². The van der Waals surface area contributed by atoms with E-state index >= 15 is 0 Å². The van der Waals surface area contributed by atoms with Gasteiger partial charge in [-0.1, -0.05) is 0 Å². The Morgan fingerprint density at radius 1 is 1.32 bits per heavy atom. The van der Waals surface area contributed by atoms with E-state index in [1.165, 1.54) is 13.2 Å². The molecule has 2 aromatic rings.